The van der Waals surface area contributed by atoms with Gasteiger partial charge in [-0.2, -0.15) is 0 Å². The quantitative estimate of drug-likeness (QED) is 0.856. The monoisotopic (exact) mass is 302 g/mol. The Morgan fingerprint density at radius 1 is 1.23 bits per heavy atom. The first-order valence-corrected chi connectivity index (χ1v) is 8.35. The third kappa shape index (κ3) is 3.43. The van der Waals surface area contributed by atoms with Gasteiger partial charge in [-0.15, -0.1) is 0 Å². The molecule has 0 spiro atoms. The minimum atomic E-state index is -0.0217. The Morgan fingerprint density at radius 2 is 1.95 bits per heavy atom. The second-order valence-electron chi connectivity index (χ2n) is 6.84. The number of piperazine rings is 1. The van der Waals surface area contributed by atoms with E-state index in [4.69, 9.17) is 4.74 Å². The van der Waals surface area contributed by atoms with Gasteiger partial charge in [0.05, 0.1) is 5.92 Å². The van der Waals surface area contributed by atoms with E-state index in [0.717, 1.165) is 50.5 Å². The summed E-state index contributed by atoms with van der Waals surface area (Å²) in [5, 5.41) is 0. The number of ether oxygens (including phenoxy) is 1. The predicted molar refractivity (Wildman–Crippen MR) is 87.0 cm³/mol. The summed E-state index contributed by atoms with van der Waals surface area (Å²) in [6.07, 6.45) is 0.807. The zero-order chi connectivity index (χ0) is 15.5. The number of carbonyl (C=O) groups is 1. The second kappa shape index (κ2) is 6.69. The Bertz CT molecular complexity index is 522. The fourth-order valence-electron chi connectivity index (χ4n) is 3.41. The first kappa shape index (κ1) is 15.3. The first-order valence-electron chi connectivity index (χ1n) is 8.35. The summed E-state index contributed by atoms with van der Waals surface area (Å²) in [7, 11) is 0. The van der Waals surface area contributed by atoms with Crippen LogP contribution in [0.25, 0.3) is 0 Å². The molecule has 0 aliphatic carbocycles. The van der Waals surface area contributed by atoms with E-state index in [9.17, 15) is 4.79 Å². The zero-order valence-corrected chi connectivity index (χ0v) is 13.6. The van der Waals surface area contributed by atoms with E-state index in [1.165, 1.54) is 0 Å². The van der Waals surface area contributed by atoms with Crippen molar-refractivity contribution in [3.05, 3.63) is 29.8 Å². The number of carbonyl (C=O) groups excluding carboxylic acids is 1. The Balaban J connectivity index is 1.55. The zero-order valence-electron chi connectivity index (χ0n) is 13.6. The lowest BCUT2D eigenvalue weighted by molar-refractivity contribution is -0.138. The number of hydrogen-bond acceptors (Lipinski definition) is 3. The molecule has 120 valence electrons. The molecule has 4 heteroatoms. The molecule has 2 aliphatic heterocycles. The van der Waals surface area contributed by atoms with Crippen molar-refractivity contribution in [1.82, 2.24) is 9.80 Å². The van der Waals surface area contributed by atoms with Crippen molar-refractivity contribution < 1.29 is 9.53 Å². The number of nitrogens with zero attached hydrogens (tertiary/aromatic N) is 2. The fraction of sp³-hybridized carbons (Fsp3) is 0.611. The van der Waals surface area contributed by atoms with Gasteiger partial charge in [0.15, 0.2) is 0 Å². The van der Waals surface area contributed by atoms with Gasteiger partial charge in [-0.25, -0.2) is 0 Å². The maximum atomic E-state index is 12.7. The van der Waals surface area contributed by atoms with E-state index in [-0.39, 0.29) is 11.8 Å². The Labute approximate surface area is 133 Å². The molecule has 1 aromatic rings. The van der Waals surface area contributed by atoms with Crippen LogP contribution in [0.15, 0.2) is 24.3 Å². The van der Waals surface area contributed by atoms with Crippen LogP contribution >= 0.6 is 0 Å². The summed E-state index contributed by atoms with van der Waals surface area (Å²) in [5.74, 6) is 1.86. The third-order valence-corrected chi connectivity index (χ3v) is 4.54. The second-order valence-corrected chi connectivity index (χ2v) is 6.84. The van der Waals surface area contributed by atoms with Crippen LogP contribution in [0.1, 0.15) is 19.4 Å². The van der Waals surface area contributed by atoms with E-state index >= 15 is 0 Å². The number of fused-ring (bicyclic) bond motifs is 1. The van der Waals surface area contributed by atoms with Gasteiger partial charge in [-0.3, -0.25) is 9.69 Å². The van der Waals surface area contributed by atoms with Crippen LogP contribution in [0, 0.1) is 11.8 Å². The van der Waals surface area contributed by atoms with Gasteiger partial charge in [-0.1, -0.05) is 32.0 Å². The van der Waals surface area contributed by atoms with Crippen molar-refractivity contribution in [2.75, 3.05) is 39.3 Å². The molecule has 1 saturated heterocycles. The van der Waals surface area contributed by atoms with Gasteiger partial charge in [0.25, 0.3) is 0 Å². The number of para-hydroxylation sites is 1. The van der Waals surface area contributed by atoms with Crippen LogP contribution in [0.2, 0.25) is 0 Å². The summed E-state index contributed by atoms with van der Waals surface area (Å²) in [5.41, 5.74) is 1.16. The molecule has 0 saturated carbocycles. The lowest BCUT2D eigenvalue weighted by atomic mass is 9.95. The lowest BCUT2D eigenvalue weighted by Gasteiger charge is -2.37. The standard InChI is InChI=1S/C18H26N2O2/c1-14(2)12-19-7-9-20(10-8-19)18(21)16-11-15-5-3-4-6-17(15)22-13-16/h3-6,14,16H,7-13H2,1-2H3. The van der Waals surface area contributed by atoms with Gasteiger partial charge >= 0.3 is 0 Å². The molecule has 0 N–H and O–H groups in total. The molecule has 1 amide bonds. The van der Waals surface area contributed by atoms with Crippen LogP contribution in [0.4, 0.5) is 0 Å². The summed E-state index contributed by atoms with van der Waals surface area (Å²) < 4.78 is 5.76. The molecular formula is C18H26N2O2. The minimum Gasteiger partial charge on any atom is -0.492 e. The average molecular weight is 302 g/mol. The Hall–Kier alpha value is -1.55. The van der Waals surface area contributed by atoms with Crippen LogP contribution in [-0.4, -0.2) is 55.0 Å². The largest absolute Gasteiger partial charge is 0.492 e. The van der Waals surface area contributed by atoms with Crippen molar-refractivity contribution in [3.8, 4) is 5.75 Å². The maximum Gasteiger partial charge on any atom is 0.229 e. The van der Waals surface area contributed by atoms with E-state index in [0.29, 0.717) is 12.5 Å². The average Bonchev–Trinajstić information content (AvgIpc) is 2.54. The van der Waals surface area contributed by atoms with Crippen molar-refractivity contribution in [3.63, 3.8) is 0 Å². The van der Waals surface area contributed by atoms with Crippen LogP contribution in [0.3, 0.4) is 0 Å². The van der Waals surface area contributed by atoms with Gasteiger partial charge in [0.1, 0.15) is 12.4 Å². The molecule has 0 aromatic heterocycles. The van der Waals surface area contributed by atoms with E-state index < -0.39 is 0 Å². The summed E-state index contributed by atoms with van der Waals surface area (Å²) >= 11 is 0. The summed E-state index contributed by atoms with van der Waals surface area (Å²) in [6, 6.07) is 8.05. The Morgan fingerprint density at radius 3 is 2.68 bits per heavy atom. The van der Waals surface area contributed by atoms with Crippen molar-refractivity contribution >= 4 is 5.91 Å². The highest BCUT2D eigenvalue weighted by atomic mass is 16.5. The van der Waals surface area contributed by atoms with Crippen molar-refractivity contribution in [1.29, 1.82) is 0 Å². The van der Waals surface area contributed by atoms with Crippen molar-refractivity contribution in [2.24, 2.45) is 11.8 Å². The lowest BCUT2D eigenvalue weighted by Crippen LogP contribution is -2.52. The van der Waals surface area contributed by atoms with Gasteiger partial charge < -0.3 is 9.64 Å². The van der Waals surface area contributed by atoms with E-state index in [2.05, 4.69) is 24.8 Å². The molecule has 1 fully saturated rings. The SMILES string of the molecule is CC(C)CN1CCN(C(=O)C2COc3ccccc3C2)CC1. The first-order chi connectivity index (χ1) is 10.6. The Kier molecular flexibility index (Phi) is 4.67. The molecule has 2 heterocycles. The van der Waals surface area contributed by atoms with Crippen LogP contribution in [0.5, 0.6) is 5.75 Å². The molecule has 0 radical (unpaired) electrons. The number of rotatable bonds is 3. The molecule has 3 rings (SSSR count). The molecule has 1 unspecified atom stereocenters. The van der Waals surface area contributed by atoms with E-state index in [1.807, 2.05) is 23.1 Å². The molecular weight excluding hydrogens is 276 g/mol. The highest BCUT2D eigenvalue weighted by Gasteiger charge is 2.31. The molecule has 22 heavy (non-hydrogen) atoms. The number of hydrogen-bond donors (Lipinski definition) is 0. The third-order valence-electron chi connectivity index (χ3n) is 4.54. The highest BCUT2D eigenvalue weighted by Crippen LogP contribution is 2.27. The highest BCUT2D eigenvalue weighted by molar-refractivity contribution is 5.80. The molecule has 1 atom stereocenters. The van der Waals surface area contributed by atoms with Crippen molar-refractivity contribution in [2.45, 2.75) is 20.3 Å². The van der Waals surface area contributed by atoms with Gasteiger partial charge in [0.2, 0.25) is 5.91 Å². The molecule has 1 aromatic carbocycles. The normalized spacial score (nSPS) is 22.3. The van der Waals surface area contributed by atoms with E-state index in [1.54, 1.807) is 0 Å². The summed E-state index contributed by atoms with van der Waals surface area (Å²) in [6.45, 7) is 9.82. The fourth-order valence-corrected chi connectivity index (χ4v) is 3.41. The number of benzene rings is 1. The van der Waals surface area contributed by atoms with Crippen LogP contribution in [-0.2, 0) is 11.2 Å². The van der Waals surface area contributed by atoms with Gasteiger partial charge in [-0.05, 0) is 24.0 Å². The minimum absolute atomic E-state index is 0.0217. The van der Waals surface area contributed by atoms with Gasteiger partial charge in [0, 0.05) is 32.7 Å². The molecule has 2 aliphatic rings. The molecule has 4 nitrogen and oxygen atoms in total. The topological polar surface area (TPSA) is 32.8 Å². The molecule has 0 bridgehead atoms. The van der Waals surface area contributed by atoms with Crippen LogP contribution < -0.4 is 4.74 Å². The maximum absolute atomic E-state index is 12.7. The smallest absolute Gasteiger partial charge is 0.229 e. The predicted octanol–water partition coefficient (Wildman–Crippen LogP) is 2.04. The summed E-state index contributed by atoms with van der Waals surface area (Å²) in [4.78, 5) is 17.2. The number of amides is 1.